The van der Waals surface area contributed by atoms with Gasteiger partial charge in [-0.2, -0.15) is 11.8 Å². The van der Waals surface area contributed by atoms with Crippen LogP contribution in [0.3, 0.4) is 0 Å². The third-order valence-electron chi connectivity index (χ3n) is 2.45. The van der Waals surface area contributed by atoms with Gasteiger partial charge in [-0.15, -0.1) is 0 Å². The largest absolute Gasteiger partial charge is 0.389 e. The first-order chi connectivity index (χ1) is 8.04. The van der Waals surface area contributed by atoms with Gasteiger partial charge >= 0.3 is 0 Å². The highest BCUT2D eigenvalue weighted by Gasteiger charge is 2.07. The van der Waals surface area contributed by atoms with Gasteiger partial charge in [0, 0.05) is 30.0 Å². The summed E-state index contributed by atoms with van der Waals surface area (Å²) in [6.07, 6.45) is 2.06. The highest BCUT2D eigenvalue weighted by atomic mass is 32.2. The van der Waals surface area contributed by atoms with E-state index in [-0.39, 0.29) is 5.82 Å². The summed E-state index contributed by atoms with van der Waals surface area (Å²) in [4.78, 5) is 2.39. The molecule has 0 saturated carbocycles. The minimum atomic E-state index is -0.207. The molecule has 0 bridgehead atoms. The number of nitrogens with two attached hydrogens (primary N) is 1. The van der Waals surface area contributed by atoms with E-state index < -0.39 is 0 Å². The highest BCUT2D eigenvalue weighted by molar-refractivity contribution is 7.98. The molecule has 0 spiro atoms. The Hall–Kier alpha value is -0.650. The van der Waals surface area contributed by atoms with Crippen molar-refractivity contribution < 1.29 is 4.39 Å². The Labute approximate surface area is 111 Å². The van der Waals surface area contributed by atoms with E-state index in [0.717, 1.165) is 17.9 Å². The summed E-state index contributed by atoms with van der Waals surface area (Å²) in [6, 6.07) is 4.77. The van der Waals surface area contributed by atoms with Crippen LogP contribution in [0.2, 0.25) is 0 Å². The summed E-state index contributed by atoms with van der Waals surface area (Å²) < 4.78 is 13.6. The first-order valence-electron chi connectivity index (χ1n) is 5.30. The summed E-state index contributed by atoms with van der Waals surface area (Å²) in [7, 11) is 1.98. The Balaban J connectivity index is 2.75. The van der Waals surface area contributed by atoms with Crippen LogP contribution in [0.4, 0.5) is 4.39 Å². The van der Waals surface area contributed by atoms with Crippen LogP contribution in [0.1, 0.15) is 11.1 Å². The van der Waals surface area contributed by atoms with Crippen LogP contribution in [0, 0.1) is 5.82 Å². The van der Waals surface area contributed by atoms with Crippen LogP contribution in [0.15, 0.2) is 18.2 Å². The second-order valence-corrected chi connectivity index (χ2v) is 5.33. The van der Waals surface area contributed by atoms with Crippen molar-refractivity contribution in [1.82, 2.24) is 4.90 Å². The van der Waals surface area contributed by atoms with E-state index in [0.29, 0.717) is 17.1 Å². The van der Waals surface area contributed by atoms with Crippen molar-refractivity contribution in [2.24, 2.45) is 5.73 Å². The maximum Gasteiger partial charge on any atom is 0.127 e. The van der Waals surface area contributed by atoms with Crippen LogP contribution in [0.5, 0.6) is 0 Å². The first-order valence-corrected chi connectivity index (χ1v) is 7.10. The quantitative estimate of drug-likeness (QED) is 0.804. The molecular weight excluding hydrogens is 255 g/mol. The predicted octanol–water partition coefficient (Wildman–Crippen LogP) is 2.25. The zero-order valence-corrected chi connectivity index (χ0v) is 11.7. The van der Waals surface area contributed by atoms with Crippen molar-refractivity contribution in [3.63, 3.8) is 0 Å². The van der Waals surface area contributed by atoms with E-state index in [2.05, 4.69) is 11.2 Å². The fraction of sp³-hybridized carbons (Fsp3) is 0.417. The monoisotopic (exact) mass is 272 g/mol. The lowest BCUT2D eigenvalue weighted by Gasteiger charge is -2.16. The molecule has 5 heteroatoms. The van der Waals surface area contributed by atoms with Crippen LogP contribution in [-0.2, 0) is 6.54 Å². The third-order valence-corrected chi connectivity index (χ3v) is 3.27. The highest BCUT2D eigenvalue weighted by Crippen LogP contribution is 2.13. The van der Waals surface area contributed by atoms with Gasteiger partial charge in [0.15, 0.2) is 0 Å². The van der Waals surface area contributed by atoms with Gasteiger partial charge in [-0.3, -0.25) is 0 Å². The number of halogens is 1. The molecule has 17 heavy (non-hydrogen) atoms. The Morgan fingerprint density at radius 2 is 2.24 bits per heavy atom. The lowest BCUT2D eigenvalue weighted by Crippen LogP contribution is -2.21. The summed E-state index contributed by atoms with van der Waals surface area (Å²) >= 11 is 6.66. The van der Waals surface area contributed by atoms with Gasteiger partial charge in [0.25, 0.3) is 0 Å². The summed E-state index contributed by atoms with van der Waals surface area (Å²) in [6.45, 7) is 1.50. The molecule has 0 amide bonds. The summed E-state index contributed by atoms with van der Waals surface area (Å²) in [5, 5.41) is 0. The van der Waals surface area contributed by atoms with Crippen molar-refractivity contribution in [3.05, 3.63) is 35.1 Å². The fourth-order valence-electron chi connectivity index (χ4n) is 1.47. The fourth-order valence-corrected chi connectivity index (χ4v) is 2.09. The number of hydrogen-bond donors (Lipinski definition) is 1. The first kappa shape index (κ1) is 14.4. The zero-order valence-electron chi connectivity index (χ0n) is 10.1. The topological polar surface area (TPSA) is 29.3 Å². The molecular formula is C12H17FN2S2. The lowest BCUT2D eigenvalue weighted by molar-refractivity contribution is 0.342. The van der Waals surface area contributed by atoms with E-state index in [9.17, 15) is 4.39 Å². The second kappa shape index (κ2) is 6.93. The Kier molecular flexibility index (Phi) is 5.88. The van der Waals surface area contributed by atoms with E-state index in [1.807, 2.05) is 7.05 Å². The van der Waals surface area contributed by atoms with Gasteiger partial charge < -0.3 is 10.6 Å². The smallest absolute Gasteiger partial charge is 0.127 e. The Morgan fingerprint density at radius 1 is 1.53 bits per heavy atom. The minimum absolute atomic E-state index is 0.207. The molecule has 2 nitrogen and oxygen atoms in total. The standard InChI is InChI=1S/C12H17FN2S2/c1-15(5-6-17-2)8-10-7-9(12(14)16)3-4-11(10)13/h3-4,7H,5-6,8H2,1-2H3,(H2,14,16). The summed E-state index contributed by atoms with van der Waals surface area (Å²) in [5.41, 5.74) is 6.89. The second-order valence-electron chi connectivity index (χ2n) is 3.90. The molecule has 0 aliphatic rings. The number of hydrogen-bond acceptors (Lipinski definition) is 3. The Morgan fingerprint density at radius 3 is 2.82 bits per heavy atom. The van der Waals surface area contributed by atoms with Crippen molar-refractivity contribution in [1.29, 1.82) is 0 Å². The molecule has 0 atom stereocenters. The van der Waals surface area contributed by atoms with Crippen molar-refractivity contribution >= 4 is 29.0 Å². The van der Waals surface area contributed by atoms with Gasteiger partial charge in [0.05, 0.1) is 0 Å². The van der Waals surface area contributed by atoms with E-state index in [1.54, 1.807) is 23.9 Å². The molecule has 0 saturated heterocycles. The molecule has 1 aromatic carbocycles. The molecule has 94 valence electrons. The number of benzene rings is 1. The van der Waals surface area contributed by atoms with Gasteiger partial charge in [-0.05, 0) is 31.5 Å². The van der Waals surface area contributed by atoms with Gasteiger partial charge in [-0.25, -0.2) is 4.39 Å². The summed E-state index contributed by atoms with van der Waals surface area (Å²) in [5.74, 6) is 0.827. The van der Waals surface area contributed by atoms with Gasteiger partial charge in [0.2, 0.25) is 0 Å². The van der Waals surface area contributed by atoms with Crippen LogP contribution >= 0.6 is 24.0 Å². The molecule has 1 rings (SSSR count). The number of thiocarbonyl (C=S) groups is 1. The SMILES string of the molecule is CSCCN(C)Cc1cc(C(N)=S)ccc1F. The third kappa shape index (κ3) is 4.61. The molecule has 0 aromatic heterocycles. The van der Waals surface area contributed by atoms with E-state index in [4.69, 9.17) is 18.0 Å². The molecule has 0 unspecified atom stereocenters. The van der Waals surface area contributed by atoms with Crippen molar-refractivity contribution in [2.45, 2.75) is 6.54 Å². The maximum atomic E-state index is 13.6. The van der Waals surface area contributed by atoms with E-state index in [1.165, 1.54) is 6.07 Å². The van der Waals surface area contributed by atoms with Crippen LogP contribution in [-0.4, -0.2) is 35.5 Å². The van der Waals surface area contributed by atoms with Gasteiger partial charge in [-0.1, -0.05) is 12.2 Å². The number of nitrogens with zero attached hydrogens (tertiary/aromatic N) is 1. The molecule has 0 fully saturated rings. The molecule has 0 radical (unpaired) electrons. The number of rotatable bonds is 6. The maximum absolute atomic E-state index is 13.6. The molecule has 2 N–H and O–H groups in total. The van der Waals surface area contributed by atoms with Crippen molar-refractivity contribution in [2.75, 3.05) is 25.6 Å². The molecule has 0 heterocycles. The van der Waals surface area contributed by atoms with Gasteiger partial charge in [0.1, 0.15) is 10.8 Å². The zero-order chi connectivity index (χ0) is 12.8. The normalized spacial score (nSPS) is 10.8. The Bertz CT molecular complexity index is 396. The van der Waals surface area contributed by atoms with Crippen LogP contribution < -0.4 is 5.73 Å². The lowest BCUT2D eigenvalue weighted by atomic mass is 10.1. The minimum Gasteiger partial charge on any atom is -0.389 e. The average molecular weight is 272 g/mol. The average Bonchev–Trinajstić information content (AvgIpc) is 2.29. The predicted molar refractivity (Wildman–Crippen MR) is 77.0 cm³/mol. The molecule has 0 aliphatic heterocycles. The van der Waals surface area contributed by atoms with E-state index >= 15 is 0 Å². The van der Waals surface area contributed by atoms with Crippen LogP contribution in [0.25, 0.3) is 0 Å². The van der Waals surface area contributed by atoms with Crippen molar-refractivity contribution in [3.8, 4) is 0 Å². The molecule has 0 aliphatic carbocycles. The molecule has 1 aromatic rings. The number of thioether (sulfide) groups is 1.